The molecular formula is C16H16NO6-. The minimum Gasteiger partial charge on any atom is -0.550 e. The van der Waals surface area contributed by atoms with Crippen molar-refractivity contribution in [1.82, 2.24) is 0 Å². The average molecular weight is 318 g/mol. The summed E-state index contributed by atoms with van der Waals surface area (Å²) < 4.78 is 15.8. The number of rotatable bonds is 5. The number of carbonyl (C=O) groups excluding carboxylic acids is 2. The van der Waals surface area contributed by atoms with Gasteiger partial charge in [0.25, 0.3) is 0 Å². The molecular weight excluding hydrogens is 302 g/mol. The number of amides is 1. The van der Waals surface area contributed by atoms with Gasteiger partial charge in [0.1, 0.15) is 11.5 Å². The van der Waals surface area contributed by atoms with Crippen molar-refractivity contribution in [3.63, 3.8) is 0 Å². The Kier molecular flexibility index (Phi) is 3.96. The number of nitrogens with one attached hydrogen (secondary N) is 1. The summed E-state index contributed by atoms with van der Waals surface area (Å²) in [5.74, 6) is -2.60. The number of carbonyl (C=O) groups is 2. The smallest absolute Gasteiger partial charge is 0.231 e. The molecule has 1 aromatic rings. The molecule has 2 aliphatic rings. The van der Waals surface area contributed by atoms with Crippen molar-refractivity contribution in [2.75, 3.05) is 19.5 Å². The number of carboxylic acids is 1. The molecule has 122 valence electrons. The van der Waals surface area contributed by atoms with Crippen molar-refractivity contribution in [2.45, 2.75) is 12.2 Å². The Morgan fingerprint density at radius 1 is 1.13 bits per heavy atom. The van der Waals surface area contributed by atoms with Crippen molar-refractivity contribution in [2.24, 2.45) is 11.8 Å². The summed E-state index contributed by atoms with van der Waals surface area (Å²) in [5, 5.41) is 14.0. The summed E-state index contributed by atoms with van der Waals surface area (Å²) in [6, 6.07) is 4.96. The summed E-state index contributed by atoms with van der Waals surface area (Å²) in [6.45, 7) is 0. The second-order valence-corrected chi connectivity index (χ2v) is 5.38. The van der Waals surface area contributed by atoms with Crippen LogP contribution in [0.2, 0.25) is 0 Å². The summed E-state index contributed by atoms with van der Waals surface area (Å²) in [5.41, 5.74) is 0.403. The van der Waals surface area contributed by atoms with Crippen LogP contribution in [-0.4, -0.2) is 38.3 Å². The van der Waals surface area contributed by atoms with E-state index in [1.807, 2.05) is 0 Å². The highest BCUT2D eigenvalue weighted by Crippen LogP contribution is 2.40. The Labute approximate surface area is 132 Å². The second kappa shape index (κ2) is 5.92. The number of carboxylic acid groups (broad SMARTS) is 1. The number of hydrogen-bond donors (Lipinski definition) is 1. The van der Waals surface area contributed by atoms with Gasteiger partial charge in [0.2, 0.25) is 5.91 Å². The Morgan fingerprint density at radius 2 is 1.83 bits per heavy atom. The highest BCUT2D eigenvalue weighted by atomic mass is 16.5. The van der Waals surface area contributed by atoms with Crippen molar-refractivity contribution in [1.29, 1.82) is 0 Å². The van der Waals surface area contributed by atoms with Crippen molar-refractivity contribution in [3.8, 4) is 11.5 Å². The van der Waals surface area contributed by atoms with Crippen LogP contribution < -0.4 is 19.9 Å². The third-order valence-electron chi connectivity index (χ3n) is 4.14. The predicted molar refractivity (Wildman–Crippen MR) is 78.0 cm³/mol. The van der Waals surface area contributed by atoms with E-state index in [0.717, 1.165) is 0 Å². The maximum absolute atomic E-state index is 12.6. The van der Waals surface area contributed by atoms with Crippen molar-refractivity contribution >= 4 is 17.6 Å². The summed E-state index contributed by atoms with van der Waals surface area (Å²) in [4.78, 5) is 23.9. The Balaban J connectivity index is 1.84. The monoisotopic (exact) mass is 318 g/mol. The molecule has 2 aliphatic heterocycles. The first kappa shape index (κ1) is 15.4. The van der Waals surface area contributed by atoms with Crippen LogP contribution in [0.5, 0.6) is 11.5 Å². The quantitative estimate of drug-likeness (QED) is 0.765. The lowest BCUT2D eigenvalue weighted by atomic mass is 9.82. The third-order valence-corrected chi connectivity index (χ3v) is 4.14. The van der Waals surface area contributed by atoms with Gasteiger partial charge in [0, 0.05) is 18.0 Å². The fourth-order valence-electron chi connectivity index (χ4n) is 3.03. The molecule has 0 unspecified atom stereocenters. The van der Waals surface area contributed by atoms with Crippen molar-refractivity contribution in [3.05, 3.63) is 30.4 Å². The number of methoxy groups -OCH3 is 2. The summed E-state index contributed by atoms with van der Waals surface area (Å²) in [6.07, 6.45) is 2.19. The zero-order chi connectivity index (χ0) is 16.6. The molecule has 2 bridgehead atoms. The van der Waals surface area contributed by atoms with E-state index < -0.39 is 35.9 Å². The van der Waals surface area contributed by atoms with Gasteiger partial charge < -0.3 is 29.4 Å². The number of anilines is 1. The largest absolute Gasteiger partial charge is 0.550 e. The van der Waals surface area contributed by atoms with Gasteiger partial charge in [-0.05, 0) is 12.1 Å². The van der Waals surface area contributed by atoms with Crippen LogP contribution in [-0.2, 0) is 14.3 Å². The summed E-state index contributed by atoms with van der Waals surface area (Å²) >= 11 is 0. The van der Waals surface area contributed by atoms with Gasteiger partial charge in [0.15, 0.2) is 0 Å². The number of aliphatic carboxylic acids is 1. The van der Waals surface area contributed by atoms with E-state index in [1.165, 1.54) is 14.2 Å². The lowest BCUT2D eigenvalue weighted by Gasteiger charge is -2.25. The fourth-order valence-corrected chi connectivity index (χ4v) is 3.03. The van der Waals surface area contributed by atoms with Crippen LogP contribution in [0, 0.1) is 11.8 Å². The molecule has 1 aromatic carbocycles. The molecule has 1 fully saturated rings. The van der Waals surface area contributed by atoms with Crippen LogP contribution in [0.25, 0.3) is 0 Å². The first-order valence-corrected chi connectivity index (χ1v) is 7.12. The van der Waals surface area contributed by atoms with Crippen LogP contribution in [0.3, 0.4) is 0 Å². The van der Waals surface area contributed by atoms with Crippen LogP contribution >= 0.6 is 0 Å². The van der Waals surface area contributed by atoms with E-state index in [-0.39, 0.29) is 0 Å². The Bertz CT molecular complexity index is 671. The highest BCUT2D eigenvalue weighted by Gasteiger charge is 2.50. The van der Waals surface area contributed by atoms with Gasteiger partial charge in [-0.3, -0.25) is 4.79 Å². The number of fused-ring (bicyclic) bond motifs is 2. The Hall–Kier alpha value is -2.54. The zero-order valence-corrected chi connectivity index (χ0v) is 12.6. The highest BCUT2D eigenvalue weighted by molar-refractivity contribution is 5.97. The van der Waals surface area contributed by atoms with E-state index in [9.17, 15) is 14.7 Å². The zero-order valence-electron chi connectivity index (χ0n) is 12.6. The second-order valence-electron chi connectivity index (χ2n) is 5.38. The molecule has 1 saturated heterocycles. The maximum Gasteiger partial charge on any atom is 0.231 e. The summed E-state index contributed by atoms with van der Waals surface area (Å²) in [7, 11) is 2.99. The minimum absolute atomic E-state index is 0.403. The van der Waals surface area contributed by atoms with Crippen LogP contribution in [0.1, 0.15) is 0 Å². The average Bonchev–Trinajstić information content (AvgIpc) is 3.15. The normalized spacial score (nSPS) is 27.7. The first-order valence-electron chi connectivity index (χ1n) is 7.12. The number of ether oxygens (including phenoxy) is 3. The van der Waals surface area contributed by atoms with Gasteiger partial charge in [-0.15, -0.1) is 0 Å². The van der Waals surface area contributed by atoms with Gasteiger partial charge in [0.05, 0.1) is 38.0 Å². The molecule has 3 rings (SSSR count). The van der Waals surface area contributed by atoms with E-state index in [2.05, 4.69) is 5.32 Å². The minimum atomic E-state index is -1.29. The van der Waals surface area contributed by atoms with Gasteiger partial charge in [-0.1, -0.05) is 12.2 Å². The molecule has 1 amide bonds. The first-order chi connectivity index (χ1) is 11.0. The van der Waals surface area contributed by atoms with Gasteiger partial charge >= 0.3 is 0 Å². The number of hydrogen-bond acceptors (Lipinski definition) is 6. The van der Waals surface area contributed by atoms with Crippen molar-refractivity contribution < 1.29 is 28.9 Å². The van der Waals surface area contributed by atoms with Crippen LogP contribution in [0.15, 0.2) is 30.4 Å². The third kappa shape index (κ3) is 2.63. The molecule has 4 atom stereocenters. The van der Waals surface area contributed by atoms with Gasteiger partial charge in [-0.25, -0.2) is 0 Å². The number of benzene rings is 1. The Morgan fingerprint density at radius 3 is 2.43 bits per heavy atom. The van der Waals surface area contributed by atoms with E-state index in [0.29, 0.717) is 17.2 Å². The van der Waals surface area contributed by atoms with E-state index in [4.69, 9.17) is 14.2 Å². The molecule has 1 N–H and O–H groups in total. The standard InChI is InChI=1S/C16H17NO6/c1-21-8-3-4-10(22-2)9(7-8)17-15(18)13-11-5-6-12(23-11)14(13)16(19)20/h3-7,11-14H,1-2H3,(H,17,18)(H,19,20)/p-1/t11-,12+,13+,14-/m0/s1. The molecule has 0 saturated carbocycles. The molecule has 0 aromatic heterocycles. The molecule has 2 heterocycles. The molecule has 0 aliphatic carbocycles. The van der Waals surface area contributed by atoms with Gasteiger partial charge in [-0.2, -0.15) is 0 Å². The molecule has 0 radical (unpaired) electrons. The molecule has 7 heteroatoms. The van der Waals surface area contributed by atoms with Crippen LogP contribution in [0.4, 0.5) is 5.69 Å². The molecule has 7 nitrogen and oxygen atoms in total. The fraction of sp³-hybridized carbons (Fsp3) is 0.375. The van der Waals surface area contributed by atoms with E-state index >= 15 is 0 Å². The SMILES string of the molecule is COc1ccc(OC)c(NC(=O)[C@H]2[C@@H](C(=O)[O-])[C@H]3C=C[C@@H]2O3)c1. The molecule has 0 spiro atoms. The maximum atomic E-state index is 12.6. The van der Waals surface area contributed by atoms with E-state index in [1.54, 1.807) is 30.4 Å². The topological polar surface area (TPSA) is 96.9 Å². The lowest BCUT2D eigenvalue weighted by molar-refractivity contribution is -0.313. The lowest BCUT2D eigenvalue weighted by Crippen LogP contribution is -2.45. The molecule has 23 heavy (non-hydrogen) atoms. The predicted octanol–water partition coefficient (Wildman–Crippen LogP) is -0.0382.